The molecular weight excluding hydrogens is 325 g/mol. The molecule has 2 atom stereocenters. The third-order valence-corrected chi connectivity index (χ3v) is 3.90. The van der Waals surface area contributed by atoms with Crippen LogP contribution in [0.2, 0.25) is 0 Å². The summed E-state index contributed by atoms with van der Waals surface area (Å²) in [6.07, 6.45) is -4.57. The largest absolute Gasteiger partial charge is 0.408 e. The Morgan fingerprint density at radius 2 is 1.92 bits per heavy atom. The van der Waals surface area contributed by atoms with Crippen LogP contribution in [0.15, 0.2) is 6.07 Å². The second-order valence-electron chi connectivity index (χ2n) is 5.92. The van der Waals surface area contributed by atoms with E-state index in [0.717, 1.165) is 11.8 Å². The summed E-state index contributed by atoms with van der Waals surface area (Å²) < 4.78 is 39.0. The maximum Gasteiger partial charge on any atom is 0.408 e. The van der Waals surface area contributed by atoms with Gasteiger partial charge in [0.1, 0.15) is 17.6 Å². The molecule has 6 nitrogen and oxygen atoms in total. The molecule has 2 unspecified atom stereocenters. The van der Waals surface area contributed by atoms with Crippen LogP contribution in [-0.4, -0.2) is 51.5 Å². The van der Waals surface area contributed by atoms with Crippen molar-refractivity contribution in [3.63, 3.8) is 0 Å². The minimum Gasteiger partial charge on any atom is -0.346 e. The number of likely N-dealkylation sites (tertiary alicyclic amines) is 1. The summed E-state index contributed by atoms with van der Waals surface area (Å²) in [5.74, 6) is -0.709. The molecule has 1 saturated heterocycles. The highest BCUT2D eigenvalue weighted by Crippen LogP contribution is 2.32. The number of nitrogens with one attached hydrogen (secondary N) is 1. The number of halogens is 3. The first-order valence-corrected chi connectivity index (χ1v) is 7.55. The number of aryl methyl sites for hydroxylation is 2. The maximum absolute atomic E-state index is 13.0. The molecule has 0 aliphatic carbocycles. The number of piperidine rings is 1. The Morgan fingerprint density at radius 1 is 1.25 bits per heavy atom. The number of hydrogen-bond donors (Lipinski definition) is 1. The minimum absolute atomic E-state index is 0.142. The van der Waals surface area contributed by atoms with Gasteiger partial charge in [-0.05, 0) is 32.8 Å². The number of amides is 2. The fraction of sp³-hybridized carbons (Fsp3) is 0.600. The van der Waals surface area contributed by atoms with Crippen molar-refractivity contribution >= 4 is 11.8 Å². The number of rotatable bonds is 2. The summed E-state index contributed by atoms with van der Waals surface area (Å²) in [5, 5.41) is 2.66. The van der Waals surface area contributed by atoms with Gasteiger partial charge >= 0.3 is 6.18 Å². The van der Waals surface area contributed by atoms with Gasteiger partial charge in [-0.15, -0.1) is 0 Å². The van der Waals surface area contributed by atoms with Crippen molar-refractivity contribution in [2.24, 2.45) is 0 Å². The number of alkyl halides is 3. The van der Waals surface area contributed by atoms with Crippen molar-refractivity contribution in [2.75, 3.05) is 6.54 Å². The zero-order valence-electron chi connectivity index (χ0n) is 13.6. The van der Waals surface area contributed by atoms with Gasteiger partial charge in [-0.1, -0.05) is 0 Å². The first-order valence-electron chi connectivity index (χ1n) is 7.55. The van der Waals surface area contributed by atoms with Gasteiger partial charge in [-0.25, -0.2) is 9.97 Å². The molecule has 132 valence electrons. The second-order valence-corrected chi connectivity index (χ2v) is 5.92. The molecule has 0 radical (unpaired) electrons. The van der Waals surface area contributed by atoms with E-state index in [1.165, 1.54) is 6.07 Å². The van der Waals surface area contributed by atoms with Crippen LogP contribution in [-0.2, 0) is 4.79 Å². The minimum atomic E-state index is -4.47. The Bertz CT molecular complexity index is 628. The van der Waals surface area contributed by atoms with Crippen LogP contribution in [0.1, 0.15) is 41.8 Å². The van der Waals surface area contributed by atoms with Crippen LogP contribution in [0.4, 0.5) is 13.2 Å². The van der Waals surface area contributed by atoms with Gasteiger partial charge in [0.2, 0.25) is 5.91 Å². The van der Waals surface area contributed by atoms with Crippen LogP contribution in [0.3, 0.4) is 0 Å². The summed E-state index contributed by atoms with van der Waals surface area (Å²) >= 11 is 0. The number of carbonyl (C=O) groups is 2. The Morgan fingerprint density at radius 3 is 2.46 bits per heavy atom. The Labute approximate surface area is 137 Å². The van der Waals surface area contributed by atoms with E-state index in [2.05, 4.69) is 15.3 Å². The molecule has 1 aromatic heterocycles. The molecule has 9 heteroatoms. The predicted octanol–water partition coefficient (Wildman–Crippen LogP) is 1.77. The third-order valence-electron chi connectivity index (χ3n) is 3.90. The van der Waals surface area contributed by atoms with Gasteiger partial charge < -0.3 is 10.2 Å². The highest BCUT2D eigenvalue weighted by atomic mass is 19.4. The normalized spacial score (nSPS) is 21.5. The Balaban J connectivity index is 2.08. The van der Waals surface area contributed by atoms with E-state index in [0.29, 0.717) is 11.5 Å². The van der Waals surface area contributed by atoms with Crippen molar-refractivity contribution in [1.82, 2.24) is 20.2 Å². The number of nitrogens with zero attached hydrogens (tertiary/aromatic N) is 3. The third kappa shape index (κ3) is 4.21. The van der Waals surface area contributed by atoms with Crippen molar-refractivity contribution in [3.8, 4) is 0 Å². The van der Waals surface area contributed by atoms with Crippen LogP contribution in [0.25, 0.3) is 0 Å². The SMILES string of the molecule is CC(=O)N1CC(NC(=O)c2cc(C)nc(C)n2)CCC1C(F)(F)F. The second kappa shape index (κ2) is 6.74. The van der Waals surface area contributed by atoms with Gasteiger partial charge in [-0.3, -0.25) is 9.59 Å². The van der Waals surface area contributed by atoms with E-state index in [1.807, 2.05) is 0 Å². The van der Waals surface area contributed by atoms with E-state index in [4.69, 9.17) is 0 Å². The van der Waals surface area contributed by atoms with Gasteiger partial charge in [0, 0.05) is 25.2 Å². The number of aromatic nitrogens is 2. The standard InChI is InChI=1S/C15H19F3N4O2/c1-8-6-12(20-9(2)19-8)14(24)21-11-4-5-13(15(16,17)18)22(7-11)10(3)23/h6,11,13H,4-5,7H2,1-3H3,(H,21,24). The molecule has 0 aromatic carbocycles. The monoisotopic (exact) mass is 344 g/mol. The quantitative estimate of drug-likeness (QED) is 0.887. The average molecular weight is 344 g/mol. The van der Waals surface area contributed by atoms with Crippen molar-refractivity contribution in [1.29, 1.82) is 0 Å². The summed E-state index contributed by atoms with van der Waals surface area (Å²) in [7, 11) is 0. The van der Waals surface area contributed by atoms with Crippen molar-refractivity contribution < 1.29 is 22.8 Å². The first-order chi connectivity index (χ1) is 11.1. The molecule has 0 bridgehead atoms. The molecule has 0 spiro atoms. The van der Waals surface area contributed by atoms with Gasteiger partial charge in [0.25, 0.3) is 5.91 Å². The maximum atomic E-state index is 13.0. The van der Waals surface area contributed by atoms with E-state index >= 15 is 0 Å². The molecule has 1 aromatic rings. The lowest BCUT2D eigenvalue weighted by Gasteiger charge is -2.40. The van der Waals surface area contributed by atoms with E-state index in [-0.39, 0.29) is 25.1 Å². The number of carbonyl (C=O) groups excluding carboxylic acids is 2. The molecule has 1 N–H and O–H groups in total. The van der Waals surface area contributed by atoms with Crippen molar-refractivity contribution in [2.45, 2.75) is 51.9 Å². The van der Waals surface area contributed by atoms with Crippen LogP contribution in [0.5, 0.6) is 0 Å². The van der Waals surface area contributed by atoms with E-state index in [9.17, 15) is 22.8 Å². The molecule has 2 amide bonds. The lowest BCUT2D eigenvalue weighted by Crippen LogP contribution is -2.57. The number of hydrogen-bond acceptors (Lipinski definition) is 4. The summed E-state index contributed by atoms with van der Waals surface area (Å²) in [6.45, 7) is 4.29. The smallest absolute Gasteiger partial charge is 0.346 e. The highest BCUT2D eigenvalue weighted by Gasteiger charge is 2.47. The molecule has 2 rings (SSSR count). The zero-order valence-corrected chi connectivity index (χ0v) is 13.6. The lowest BCUT2D eigenvalue weighted by atomic mass is 9.97. The summed E-state index contributed by atoms with van der Waals surface area (Å²) in [6, 6.07) is -0.839. The average Bonchev–Trinajstić information content (AvgIpc) is 2.44. The van der Waals surface area contributed by atoms with Gasteiger partial charge in [-0.2, -0.15) is 13.2 Å². The molecule has 2 heterocycles. The zero-order chi connectivity index (χ0) is 18.1. The lowest BCUT2D eigenvalue weighted by molar-refractivity contribution is -0.196. The first kappa shape index (κ1) is 18.2. The van der Waals surface area contributed by atoms with Gasteiger partial charge in [0.15, 0.2) is 0 Å². The summed E-state index contributed by atoms with van der Waals surface area (Å²) in [4.78, 5) is 32.6. The van der Waals surface area contributed by atoms with Gasteiger partial charge in [0.05, 0.1) is 0 Å². The fourth-order valence-corrected chi connectivity index (χ4v) is 2.87. The van der Waals surface area contributed by atoms with Crippen LogP contribution >= 0.6 is 0 Å². The molecule has 1 fully saturated rings. The highest BCUT2D eigenvalue weighted by molar-refractivity contribution is 5.92. The molecule has 1 aliphatic rings. The molecule has 24 heavy (non-hydrogen) atoms. The Kier molecular flexibility index (Phi) is 5.10. The molecule has 1 aliphatic heterocycles. The summed E-state index contributed by atoms with van der Waals surface area (Å²) in [5.41, 5.74) is 0.783. The molecular formula is C15H19F3N4O2. The van der Waals surface area contributed by atoms with Crippen molar-refractivity contribution in [3.05, 3.63) is 23.3 Å². The van der Waals surface area contributed by atoms with Crippen LogP contribution < -0.4 is 5.32 Å². The van der Waals surface area contributed by atoms with Crippen LogP contribution in [0, 0.1) is 13.8 Å². The molecule has 0 saturated carbocycles. The fourth-order valence-electron chi connectivity index (χ4n) is 2.87. The van der Waals surface area contributed by atoms with E-state index in [1.54, 1.807) is 13.8 Å². The predicted molar refractivity (Wildman–Crippen MR) is 79.2 cm³/mol. The van der Waals surface area contributed by atoms with E-state index < -0.39 is 30.1 Å². The Hall–Kier alpha value is -2.19. The topological polar surface area (TPSA) is 75.2 Å².